The fourth-order valence-corrected chi connectivity index (χ4v) is 3.81. The summed E-state index contributed by atoms with van der Waals surface area (Å²) in [5.74, 6) is 0. The van der Waals surface area contributed by atoms with Gasteiger partial charge in [-0.05, 0) is 52.7 Å². The van der Waals surface area contributed by atoms with Gasteiger partial charge in [0.2, 0.25) is 0 Å². The Balaban J connectivity index is 2.55. The van der Waals surface area contributed by atoms with Gasteiger partial charge in [-0.3, -0.25) is 0 Å². The number of rotatable bonds is 9. The second-order valence-corrected chi connectivity index (χ2v) is 7.31. The predicted molar refractivity (Wildman–Crippen MR) is 83.5 cm³/mol. The van der Waals surface area contributed by atoms with Crippen molar-refractivity contribution in [3.8, 4) is 0 Å². The van der Waals surface area contributed by atoms with E-state index in [0.29, 0.717) is 5.41 Å². The molecule has 0 amide bonds. The minimum atomic E-state index is 0.373. The van der Waals surface area contributed by atoms with Gasteiger partial charge in [0.1, 0.15) is 0 Å². The average Bonchev–Trinajstić information content (AvgIpc) is 2.78. The highest BCUT2D eigenvalue weighted by molar-refractivity contribution is 9.11. The lowest BCUT2D eigenvalue weighted by Crippen LogP contribution is -2.36. The molecule has 1 N–H and O–H groups in total. The van der Waals surface area contributed by atoms with E-state index in [-0.39, 0.29) is 0 Å². The van der Waals surface area contributed by atoms with E-state index in [1.165, 1.54) is 21.5 Å². The molecule has 0 aromatic carbocycles. The van der Waals surface area contributed by atoms with Gasteiger partial charge in [-0.2, -0.15) is 0 Å². The van der Waals surface area contributed by atoms with Gasteiger partial charge in [-0.1, -0.05) is 13.8 Å². The third-order valence-electron chi connectivity index (χ3n) is 3.66. The van der Waals surface area contributed by atoms with Crippen LogP contribution in [0.1, 0.15) is 31.6 Å². The molecule has 2 nitrogen and oxygen atoms in total. The second-order valence-electron chi connectivity index (χ2n) is 4.76. The van der Waals surface area contributed by atoms with Gasteiger partial charge in [0.15, 0.2) is 0 Å². The molecule has 0 bridgehead atoms. The molecule has 1 heterocycles. The zero-order chi connectivity index (χ0) is 13.4. The first-order chi connectivity index (χ1) is 8.65. The Morgan fingerprint density at radius 3 is 2.56 bits per heavy atom. The van der Waals surface area contributed by atoms with Crippen LogP contribution in [0, 0.1) is 5.41 Å². The smallest absolute Gasteiger partial charge is 0.0701 e. The summed E-state index contributed by atoms with van der Waals surface area (Å²) in [7, 11) is 1.75. The minimum Gasteiger partial charge on any atom is -0.383 e. The van der Waals surface area contributed by atoms with E-state index in [1.807, 2.05) is 11.3 Å². The van der Waals surface area contributed by atoms with Gasteiger partial charge in [0.25, 0.3) is 0 Å². The van der Waals surface area contributed by atoms with Gasteiger partial charge in [0, 0.05) is 25.1 Å². The summed E-state index contributed by atoms with van der Waals surface area (Å²) in [5.41, 5.74) is 0.373. The molecule has 1 rings (SSSR count). The van der Waals surface area contributed by atoms with Gasteiger partial charge < -0.3 is 10.1 Å². The molecule has 4 heteroatoms. The zero-order valence-electron chi connectivity index (χ0n) is 11.6. The van der Waals surface area contributed by atoms with Crippen molar-refractivity contribution in [3.05, 3.63) is 20.8 Å². The van der Waals surface area contributed by atoms with Crippen LogP contribution in [0.3, 0.4) is 0 Å². The summed E-state index contributed by atoms with van der Waals surface area (Å²) < 4.78 is 6.31. The Kier molecular flexibility index (Phi) is 7.46. The van der Waals surface area contributed by atoms with Gasteiger partial charge in [-0.15, -0.1) is 11.3 Å². The van der Waals surface area contributed by atoms with Crippen LogP contribution < -0.4 is 5.32 Å². The molecule has 0 radical (unpaired) electrons. The Bertz CT molecular complexity index is 336. The van der Waals surface area contributed by atoms with Gasteiger partial charge in [0.05, 0.1) is 10.4 Å². The van der Waals surface area contributed by atoms with Crippen LogP contribution in [0.2, 0.25) is 0 Å². The number of thiophene rings is 1. The van der Waals surface area contributed by atoms with Crippen LogP contribution in [0.4, 0.5) is 0 Å². The Labute approximate surface area is 123 Å². The number of ether oxygens (including phenoxy) is 1. The summed E-state index contributed by atoms with van der Waals surface area (Å²) in [6.45, 7) is 7.38. The van der Waals surface area contributed by atoms with Crippen molar-refractivity contribution >= 4 is 27.3 Å². The average molecular weight is 334 g/mol. The molecule has 1 aromatic rings. The van der Waals surface area contributed by atoms with Crippen molar-refractivity contribution < 1.29 is 4.74 Å². The maximum atomic E-state index is 5.08. The molecular weight excluding hydrogens is 310 g/mol. The molecule has 0 spiro atoms. The fourth-order valence-electron chi connectivity index (χ4n) is 2.16. The largest absolute Gasteiger partial charge is 0.383 e. The van der Waals surface area contributed by atoms with Crippen molar-refractivity contribution in [1.82, 2.24) is 5.32 Å². The molecule has 0 aliphatic carbocycles. The highest BCUT2D eigenvalue weighted by atomic mass is 79.9. The van der Waals surface area contributed by atoms with Crippen LogP contribution in [0.25, 0.3) is 0 Å². The standard InChI is InChI=1S/C14H24BrNOS/c1-4-14(5-2,11-16-8-9-17-3)10-12-6-7-13(15)18-12/h6-7,16H,4-5,8-11H2,1-3H3. The minimum absolute atomic E-state index is 0.373. The molecule has 104 valence electrons. The molecule has 0 aliphatic heterocycles. The lowest BCUT2D eigenvalue weighted by Gasteiger charge is -2.31. The zero-order valence-corrected chi connectivity index (χ0v) is 14.0. The summed E-state index contributed by atoms with van der Waals surface area (Å²) in [6, 6.07) is 4.39. The fraction of sp³-hybridized carbons (Fsp3) is 0.714. The van der Waals surface area contributed by atoms with Crippen LogP contribution in [0.15, 0.2) is 15.9 Å². The van der Waals surface area contributed by atoms with Gasteiger partial charge >= 0.3 is 0 Å². The van der Waals surface area contributed by atoms with Crippen molar-refractivity contribution in [2.75, 3.05) is 26.8 Å². The lowest BCUT2D eigenvalue weighted by molar-refractivity contribution is 0.186. The summed E-state index contributed by atoms with van der Waals surface area (Å²) >= 11 is 5.40. The van der Waals surface area contributed by atoms with E-state index in [0.717, 1.165) is 26.1 Å². The predicted octanol–water partition coefficient (Wildman–Crippen LogP) is 4.10. The van der Waals surface area contributed by atoms with Crippen LogP contribution in [-0.4, -0.2) is 26.8 Å². The summed E-state index contributed by atoms with van der Waals surface area (Å²) in [4.78, 5) is 1.47. The Morgan fingerprint density at radius 1 is 1.33 bits per heavy atom. The molecule has 0 atom stereocenters. The van der Waals surface area contributed by atoms with Crippen LogP contribution in [0.5, 0.6) is 0 Å². The summed E-state index contributed by atoms with van der Waals surface area (Å²) in [6.07, 6.45) is 3.58. The van der Waals surface area contributed by atoms with Crippen LogP contribution in [-0.2, 0) is 11.2 Å². The number of hydrogen-bond donors (Lipinski definition) is 1. The van der Waals surface area contributed by atoms with Gasteiger partial charge in [-0.25, -0.2) is 0 Å². The molecule has 0 fully saturated rings. The third kappa shape index (κ3) is 5.00. The molecular formula is C14H24BrNOS. The first-order valence-electron chi connectivity index (χ1n) is 6.59. The highest BCUT2D eigenvalue weighted by Crippen LogP contribution is 2.34. The SMILES string of the molecule is CCC(CC)(CNCCOC)Cc1ccc(Br)s1. The maximum Gasteiger partial charge on any atom is 0.0701 e. The first-order valence-corrected chi connectivity index (χ1v) is 8.20. The number of methoxy groups -OCH3 is 1. The van der Waals surface area contributed by atoms with E-state index in [4.69, 9.17) is 4.74 Å². The number of halogens is 1. The highest BCUT2D eigenvalue weighted by Gasteiger charge is 2.26. The molecule has 1 aromatic heterocycles. The summed E-state index contributed by atoms with van der Waals surface area (Å²) in [5, 5.41) is 3.52. The second kappa shape index (κ2) is 8.31. The molecule has 18 heavy (non-hydrogen) atoms. The monoisotopic (exact) mass is 333 g/mol. The number of hydrogen-bond acceptors (Lipinski definition) is 3. The maximum absolute atomic E-state index is 5.08. The lowest BCUT2D eigenvalue weighted by atomic mass is 9.78. The first kappa shape index (κ1) is 16.2. The topological polar surface area (TPSA) is 21.3 Å². The van der Waals surface area contributed by atoms with E-state index < -0.39 is 0 Å². The molecule has 0 saturated heterocycles. The van der Waals surface area contributed by atoms with Crippen molar-refractivity contribution in [2.24, 2.45) is 5.41 Å². The quantitative estimate of drug-likeness (QED) is 0.687. The van der Waals surface area contributed by atoms with Crippen molar-refractivity contribution in [3.63, 3.8) is 0 Å². The molecule has 0 unspecified atom stereocenters. The Morgan fingerprint density at radius 2 is 2.06 bits per heavy atom. The molecule has 0 saturated carbocycles. The van der Waals surface area contributed by atoms with Crippen LogP contribution >= 0.6 is 27.3 Å². The van der Waals surface area contributed by atoms with Crippen molar-refractivity contribution in [2.45, 2.75) is 33.1 Å². The third-order valence-corrected chi connectivity index (χ3v) is 5.28. The Hall–Kier alpha value is 0.1000. The van der Waals surface area contributed by atoms with E-state index in [2.05, 4.69) is 47.2 Å². The van der Waals surface area contributed by atoms with E-state index in [9.17, 15) is 0 Å². The number of nitrogens with one attached hydrogen (secondary N) is 1. The van der Waals surface area contributed by atoms with Crippen molar-refractivity contribution in [1.29, 1.82) is 0 Å². The van der Waals surface area contributed by atoms with E-state index in [1.54, 1.807) is 7.11 Å². The normalized spacial score (nSPS) is 12.0. The molecule has 0 aliphatic rings. The van der Waals surface area contributed by atoms with E-state index >= 15 is 0 Å².